The molecule has 0 aromatic heterocycles. The van der Waals surface area contributed by atoms with Gasteiger partial charge in [-0.15, -0.1) is 0 Å². The molecule has 1 atom stereocenters. The van der Waals surface area contributed by atoms with Gasteiger partial charge in [0.1, 0.15) is 5.54 Å². The Bertz CT molecular complexity index is 372. The molecule has 1 aliphatic heterocycles. The number of carbonyl (C=O) groups excluding carboxylic acids is 2. The fourth-order valence-electron chi connectivity index (χ4n) is 2.94. The molecule has 2 amide bonds. The van der Waals surface area contributed by atoms with E-state index >= 15 is 0 Å². The predicted octanol–water partition coefficient (Wildman–Crippen LogP) is 1.55. The van der Waals surface area contributed by atoms with Crippen LogP contribution in [-0.2, 0) is 9.59 Å². The molecular weight excluding hydrogens is 228 g/mol. The molecule has 18 heavy (non-hydrogen) atoms. The second-order valence-electron chi connectivity index (χ2n) is 6.41. The summed E-state index contributed by atoms with van der Waals surface area (Å²) in [6.07, 6.45) is 2.49. The number of hydrogen-bond donors (Lipinski definition) is 1. The van der Waals surface area contributed by atoms with E-state index in [-0.39, 0.29) is 18.4 Å². The van der Waals surface area contributed by atoms with Gasteiger partial charge >= 0.3 is 0 Å². The van der Waals surface area contributed by atoms with Crippen molar-refractivity contribution in [2.24, 2.45) is 11.3 Å². The molecule has 2 aliphatic rings. The third kappa shape index (κ3) is 2.13. The Balaban J connectivity index is 2.11. The second kappa shape index (κ2) is 4.25. The van der Waals surface area contributed by atoms with Crippen molar-refractivity contribution in [2.75, 3.05) is 13.1 Å². The van der Waals surface area contributed by atoms with Crippen LogP contribution in [0, 0.1) is 11.3 Å². The topological polar surface area (TPSA) is 49.4 Å². The first-order chi connectivity index (χ1) is 8.34. The van der Waals surface area contributed by atoms with Gasteiger partial charge in [-0.1, -0.05) is 27.7 Å². The van der Waals surface area contributed by atoms with Gasteiger partial charge in [-0.05, 0) is 30.6 Å². The molecule has 0 spiro atoms. The average molecular weight is 252 g/mol. The van der Waals surface area contributed by atoms with Gasteiger partial charge in [0.25, 0.3) is 0 Å². The van der Waals surface area contributed by atoms with Crippen LogP contribution in [0.3, 0.4) is 0 Å². The number of carbonyl (C=O) groups is 2. The van der Waals surface area contributed by atoms with Crippen LogP contribution >= 0.6 is 0 Å². The van der Waals surface area contributed by atoms with Crippen molar-refractivity contribution in [3.8, 4) is 0 Å². The Morgan fingerprint density at radius 2 is 1.83 bits per heavy atom. The minimum atomic E-state index is -0.658. The summed E-state index contributed by atoms with van der Waals surface area (Å²) in [5.74, 6) is 0.644. The first-order valence-electron chi connectivity index (χ1n) is 6.95. The summed E-state index contributed by atoms with van der Waals surface area (Å²) in [5, 5.41) is 2.89. The number of hydrogen-bond acceptors (Lipinski definition) is 2. The second-order valence-corrected chi connectivity index (χ2v) is 6.41. The van der Waals surface area contributed by atoms with Crippen LogP contribution in [0.5, 0.6) is 0 Å². The summed E-state index contributed by atoms with van der Waals surface area (Å²) in [7, 11) is 0. The molecule has 0 aromatic carbocycles. The van der Waals surface area contributed by atoms with Crippen molar-refractivity contribution in [2.45, 2.75) is 52.5 Å². The summed E-state index contributed by atoms with van der Waals surface area (Å²) in [6, 6.07) is 0. The lowest BCUT2D eigenvalue weighted by molar-refractivity contribution is -0.150. The van der Waals surface area contributed by atoms with Gasteiger partial charge in [0, 0.05) is 6.54 Å². The van der Waals surface area contributed by atoms with Gasteiger partial charge in [-0.3, -0.25) is 9.59 Å². The molecule has 1 heterocycles. The van der Waals surface area contributed by atoms with Gasteiger partial charge in [-0.25, -0.2) is 0 Å². The van der Waals surface area contributed by atoms with E-state index < -0.39 is 5.54 Å². The van der Waals surface area contributed by atoms with Gasteiger partial charge in [0.2, 0.25) is 11.8 Å². The van der Waals surface area contributed by atoms with Crippen LogP contribution in [0.15, 0.2) is 0 Å². The van der Waals surface area contributed by atoms with Crippen molar-refractivity contribution >= 4 is 11.8 Å². The Morgan fingerprint density at radius 1 is 1.28 bits per heavy atom. The lowest BCUT2D eigenvalue weighted by Crippen LogP contribution is -2.66. The molecule has 4 nitrogen and oxygen atoms in total. The molecule has 1 unspecified atom stereocenters. The lowest BCUT2D eigenvalue weighted by atomic mass is 9.88. The minimum absolute atomic E-state index is 0.0169. The zero-order valence-corrected chi connectivity index (χ0v) is 11.9. The van der Waals surface area contributed by atoms with Gasteiger partial charge in [0.05, 0.1) is 6.54 Å². The van der Waals surface area contributed by atoms with E-state index in [4.69, 9.17) is 0 Å². The van der Waals surface area contributed by atoms with Crippen LogP contribution in [-0.4, -0.2) is 35.3 Å². The van der Waals surface area contributed by atoms with Crippen LogP contribution in [0.25, 0.3) is 0 Å². The monoisotopic (exact) mass is 252 g/mol. The van der Waals surface area contributed by atoms with E-state index in [1.165, 1.54) is 0 Å². The largest absolute Gasteiger partial charge is 0.340 e. The van der Waals surface area contributed by atoms with E-state index in [0.717, 1.165) is 13.0 Å². The molecule has 102 valence electrons. The molecule has 2 fully saturated rings. The number of amides is 2. The van der Waals surface area contributed by atoms with E-state index in [1.54, 1.807) is 4.90 Å². The third-order valence-corrected chi connectivity index (χ3v) is 4.78. The molecule has 1 saturated heterocycles. The molecule has 0 aromatic rings. The summed E-state index contributed by atoms with van der Waals surface area (Å²) < 4.78 is 0. The quantitative estimate of drug-likeness (QED) is 0.825. The highest BCUT2D eigenvalue weighted by Gasteiger charge is 2.50. The first kappa shape index (κ1) is 13.4. The Labute approximate surface area is 109 Å². The highest BCUT2D eigenvalue weighted by molar-refractivity contribution is 5.97. The Hall–Kier alpha value is -1.06. The minimum Gasteiger partial charge on any atom is -0.340 e. The maximum absolute atomic E-state index is 12.5. The fraction of sp³-hybridized carbons (Fsp3) is 0.857. The van der Waals surface area contributed by atoms with Crippen molar-refractivity contribution < 1.29 is 9.59 Å². The summed E-state index contributed by atoms with van der Waals surface area (Å²) in [4.78, 5) is 26.1. The molecule has 1 N–H and O–H groups in total. The fourth-order valence-corrected chi connectivity index (χ4v) is 2.94. The molecule has 4 heteroatoms. The molecule has 1 aliphatic carbocycles. The zero-order valence-electron chi connectivity index (χ0n) is 11.9. The van der Waals surface area contributed by atoms with E-state index in [2.05, 4.69) is 19.2 Å². The maximum atomic E-state index is 12.5. The van der Waals surface area contributed by atoms with Crippen molar-refractivity contribution in [1.29, 1.82) is 0 Å². The van der Waals surface area contributed by atoms with Gasteiger partial charge in [0.15, 0.2) is 0 Å². The van der Waals surface area contributed by atoms with Crippen molar-refractivity contribution in [3.63, 3.8) is 0 Å². The molecule has 0 bridgehead atoms. The van der Waals surface area contributed by atoms with E-state index in [9.17, 15) is 9.59 Å². The standard InChI is InChI=1S/C14H24N2O2/c1-5-14(6-2)12(18)16(9-11(17)15-14)8-10-7-13(10,3)4/h10H,5-9H2,1-4H3,(H,15,17). The highest BCUT2D eigenvalue weighted by Crippen LogP contribution is 2.52. The van der Waals surface area contributed by atoms with E-state index in [1.807, 2.05) is 13.8 Å². The number of piperazine rings is 1. The van der Waals surface area contributed by atoms with Crippen LogP contribution in [0.1, 0.15) is 47.0 Å². The number of nitrogens with one attached hydrogen (secondary N) is 1. The predicted molar refractivity (Wildman–Crippen MR) is 69.9 cm³/mol. The van der Waals surface area contributed by atoms with Crippen LogP contribution < -0.4 is 5.32 Å². The molecule has 0 radical (unpaired) electrons. The summed E-state index contributed by atoms with van der Waals surface area (Å²) >= 11 is 0. The highest BCUT2D eigenvalue weighted by atomic mass is 16.2. The van der Waals surface area contributed by atoms with Crippen LogP contribution in [0.4, 0.5) is 0 Å². The average Bonchev–Trinajstić information content (AvgIpc) is 2.91. The summed E-state index contributed by atoms with van der Waals surface area (Å²) in [5.41, 5.74) is -0.316. The van der Waals surface area contributed by atoms with Gasteiger partial charge < -0.3 is 10.2 Å². The zero-order chi connectivity index (χ0) is 13.6. The van der Waals surface area contributed by atoms with Gasteiger partial charge in [-0.2, -0.15) is 0 Å². The Morgan fingerprint density at radius 3 is 2.28 bits per heavy atom. The normalized spacial score (nSPS) is 29.1. The third-order valence-electron chi connectivity index (χ3n) is 4.78. The number of nitrogens with zero attached hydrogens (tertiary/aromatic N) is 1. The number of rotatable bonds is 4. The van der Waals surface area contributed by atoms with E-state index in [0.29, 0.717) is 24.2 Å². The Kier molecular flexibility index (Phi) is 3.16. The molecular formula is C14H24N2O2. The van der Waals surface area contributed by atoms with Crippen molar-refractivity contribution in [3.05, 3.63) is 0 Å². The smallest absolute Gasteiger partial charge is 0.248 e. The lowest BCUT2D eigenvalue weighted by Gasteiger charge is -2.41. The summed E-state index contributed by atoms with van der Waals surface area (Å²) in [6.45, 7) is 9.34. The maximum Gasteiger partial charge on any atom is 0.248 e. The molecule has 2 rings (SSSR count). The first-order valence-corrected chi connectivity index (χ1v) is 6.95. The van der Waals surface area contributed by atoms with Crippen molar-refractivity contribution in [1.82, 2.24) is 10.2 Å². The van der Waals surface area contributed by atoms with Crippen LogP contribution in [0.2, 0.25) is 0 Å². The molecule has 1 saturated carbocycles. The SMILES string of the molecule is CCC1(CC)NC(=O)CN(CC2CC2(C)C)C1=O.